The van der Waals surface area contributed by atoms with Crippen molar-refractivity contribution in [1.29, 1.82) is 0 Å². The number of hydrogen-bond donors (Lipinski definition) is 1. The van der Waals surface area contributed by atoms with Crippen LogP contribution in [0.5, 0.6) is 5.75 Å². The van der Waals surface area contributed by atoms with Crippen LogP contribution in [0.1, 0.15) is 20.3 Å². The van der Waals surface area contributed by atoms with Crippen molar-refractivity contribution in [3.63, 3.8) is 0 Å². The molecule has 18 heavy (non-hydrogen) atoms. The first-order chi connectivity index (χ1) is 8.43. The normalized spacial score (nSPS) is 13.3. The van der Waals surface area contributed by atoms with E-state index in [1.807, 2.05) is 0 Å². The van der Waals surface area contributed by atoms with Gasteiger partial charge in [-0.2, -0.15) is 0 Å². The summed E-state index contributed by atoms with van der Waals surface area (Å²) in [5, 5.41) is 0. The first-order valence-corrected chi connectivity index (χ1v) is 7.47. The van der Waals surface area contributed by atoms with E-state index in [4.69, 9.17) is 4.74 Å². The van der Waals surface area contributed by atoms with E-state index in [1.165, 1.54) is 12.1 Å². The molecule has 102 valence electrons. The Balaban J connectivity index is 2.45. The van der Waals surface area contributed by atoms with Crippen molar-refractivity contribution in [2.24, 2.45) is 0 Å². The summed E-state index contributed by atoms with van der Waals surface area (Å²) in [5.74, 6) is 0.100. The maximum Gasteiger partial charge on any atom is 0.211 e. The second kappa shape index (κ2) is 6.70. The minimum atomic E-state index is -3.23. The number of halogens is 1. The van der Waals surface area contributed by atoms with Crippen molar-refractivity contribution in [2.45, 2.75) is 26.4 Å². The highest BCUT2D eigenvalue weighted by Crippen LogP contribution is 2.13. The molecule has 0 heterocycles. The van der Waals surface area contributed by atoms with Gasteiger partial charge in [-0.25, -0.2) is 17.5 Å². The van der Waals surface area contributed by atoms with Crippen LogP contribution >= 0.6 is 0 Å². The molecule has 0 spiro atoms. The summed E-state index contributed by atoms with van der Waals surface area (Å²) in [6.07, 6.45) is 0.201. The summed E-state index contributed by atoms with van der Waals surface area (Å²) in [6, 6.07) is 5.75. The minimum Gasteiger partial charge on any atom is -0.489 e. The third-order valence-corrected chi connectivity index (χ3v) is 3.75. The molecule has 0 radical (unpaired) electrons. The molecule has 1 aromatic carbocycles. The summed E-state index contributed by atoms with van der Waals surface area (Å²) < 4.78 is 43.6. The van der Waals surface area contributed by atoms with Crippen molar-refractivity contribution in [1.82, 2.24) is 4.72 Å². The Hall–Kier alpha value is -1.14. The zero-order chi connectivity index (χ0) is 13.6. The highest BCUT2D eigenvalue weighted by Gasteiger charge is 2.11. The van der Waals surface area contributed by atoms with Gasteiger partial charge >= 0.3 is 0 Å². The van der Waals surface area contributed by atoms with Crippen LogP contribution in [-0.2, 0) is 10.0 Å². The molecule has 4 nitrogen and oxygen atoms in total. The Morgan fingerprint density at radius 2 is 2.17 bits per heavy atom. The van der Waals surface area contributed by atoms with E-state index < -0.39 is 10.0 Å². The molecule has 0 unspecified atom stereocenters. The molecule has 0 saturated carbocycles. The number of hydrogen-bond acceptors (Lipinski definition) is 3. The van der Waals surface area contributed by atoms with Crippen LogP contribution in [0.25, 0.3) is 0 Å². The maximum absolute atomic E-state index is 12.9. The first-order valence-electron chi connectivity index (χ1n) is 5.82. The van der Waals surface area contributed by atoms with Crippen molar-refractivity contribution in [3.8, 4) is 5.75 Å². The lowest BCUT2D eigenvalue weighted by atomic mass is 10.3. The summed E-state index contributed by atoms with van der Waals surface area (Å²) in [7, 11) is -3.23. The average molecular weight is 275 g/mol. The van der Waals surface area contributed by atoms with E-state index in [9.17, 15) is 12.8 Å². The predicted molar refractivity (Wildman–Crippen MR) is 68.6 cm³/mol. The molecular weight excluding hydrogens is 257 g/mol. The van der Waals surface area contributed by atoms with Crippen LogP contribution in [-0.4, -0.2) is 26.8 Å². The molecule has 0 aliphatic heterocycles. The van der Waals surface area contributed by atoms with Crippen LogP contribution < -0.4 is 9.46 Å². The van der Waals surface area contributed by atoms with Crippen molar-refractivity contribution >= 4 is 10.0 Å². The number of sulfonamides is 1. The largest absolute Gasteiger partial charge is 0.489 e. The van der Waals surface area contributed by atoms with Gasteiger partial charge in [-0.15, -0.1) is 0 Å². The van der Waals surface area contributed by atoms with Crippen LogP contribution in [0.3, 0.4) is 0 Å². The maximum atomic E-state index is 12.9. The Morgan fingerprint density at radius 3 is 2.78 bits per heavy atom. The summed E-state index contributed by atoms with van der Waals surface area (Å²) in [6.45, 7) is 3.68. The molecule has 0 aromatic heterocycles. The zero-order valence-corrected chi connectivity index (χ0v) is 11.3. The van der Waals surface area contributed by atoms with Crippen LogP contribution in [0, 0.1) is 5.82 Å². The summed E-state index contributed by atoms with van der Waals surface area (Å²) in [5.41, 5.74) is 0. The Morgan fingerprint density at radius 1 is 1.44 bits per heavy atom. The van der Waals surface area contributed by atoms with Crippen LogP contribution in [0.15, 0.2) is 24.3 Å². The van der Waals surface area contributed by atoms with E-state index in [0.29, 0.717) is 12.2 Å². The SMILES string of the molecule is CCCS(=O)(=O)NC[C@H](C)Oc1cccc(F)c1. The molecule has 0 aliphatic rings. The van der Waals surface area contributed by atoms with Crippen LogP contribution in [0.4, 0.5) is 4.39 Å². The third-order valence-electron chi connectivity index (χ3n) is 2.20. The minimum absolute atomic E-state index is 0.0969. The fourth-order valence-electron chi connectivity index (χ4n) is 1.40. The van der Waals surface area contributed by atoms with Gasteiger partial charge < -0.3 is 4.74 Å². The van der Waals surface area contributed by atoms with Gasteiger partial charge in [0, 0.05) is 12.6 Å². The summed E-state index contributed by atoms with van der Waals surface area (Å²) >= 11 is 0. The Bertz CT molecular complexity index is 476. The van der Waals surface area contributed by atoms with Gasteiger partial charge in [0.25, 0.3) is 0 Å². The number of benzene rings is 1. The van der Waals surface area contributed by atoms with E-state index in [0.717, 1.165) is 0 Å². The smallest absolute Gasteiger partial charge is 0.211 e. The number of ether oxygens (including phenoxy) is 1. The first kappa shape index (κ1) is 14.9. The average Bonchev–Trinajstić information content (AvgIpc) is 2.26. The van der Waals surface area contributed by atoms with E-state index >= 15 is 0 Å². The molecule has 0 aliphatic carbocycles. The molecular formula is C12H18FNO3S. The van der Waals surface area contributed by atoms with Gasteiger partial charge in [0.2, 0.25) is 10.0 Å². The molecule has 0 amide bonds. The van der Waals surface area contributed by atoms with Crippen LogP contribution in [0.2, 0.25) is 0 Å². The molecule has 1 atom stereocenters. The fourth-order valence-corrected chi connectivity index (χ4v) is 2.57. The predicted octanol–water partition coefficient (Wildman–Crippen LogP) is 1.92. The second-order valence-corrected chi connectivity index (χ2v) is 5.98. The quantitative estimate of drug-likeness (QED) is 0.827. The third kappa shape index (κ3) is 5.46. The lowest BCUT2D eigenvalue weighted by Gasteiger charge is -2.15. The van der Waals surface area contributed by atoms with E-state index in [1.54, 1.807) is 26.0 Å². The molecule has 1 aromatic rings. The topological polar surface area (TPSA) is 55.4 Å². The summed E-state index contributed by atoms with van der Waals surface area (Å²) in [4.78, 5) is 0. The Kier molecular flexibility index (Phi) is 5.55. The van der Waals surface area contributed by atoms with Crippen molar-refractivity contribution in [3.05, 3.63) is 30.1 Å². The monoisotopic (exact) mass is 275 g/mol. The lowest BCUT2D eigenvalue weighted by molar-refractivity contribution is 0.224. The standard InChI is InChI=1S/C12H18FNO3S/c1-3-7-18(15,16)14-9-10(2)17-12-6-4-5-11(13)8-12/h4-6,8,10,14H,3,7,9H2,1-2H3/t10-/m0/s1. The van der Waals surface area contributed by atoms with Gasteiger partial charge in [-0.1, -0.05) is 13.0 Å². The number of rotatable bonds is 7. The Labute approximate surface area is 107 Å². The molecule has 6 heteroatoms. The molecule has 1 N–H and O–H groups in total. The molecule has 1 rings (SSSR count). The van der Waals surface area contributed by atoms with Gasteiger partial charge in [0.15, 0.2) is 0 Å². The van der Waals surface area contributed by atoms with Gasteiger partial charge in [-0.05, 0) is 25.5 Å². The molecule has 0 bridgehead atoms. The zero-order valence-electron chi connectivity index (χ0n) is 10.5. The van der Waals surface area contributed by atoms with E-state index in [-0.39, 0.29) is 24.2 Å². The molecule has 0 saturated heterocycles. The number of nitrogens with one attached hydrogen (secondary N) is 1. The van der Waals surface area contributed by atoms with Crippen molar-refractivity contribution in [2.75, 3.05) is 12.3 Å². The van der Waals surface area contributed by atoms with E-state index in [2.05, 4.69) is 4.72 Å². The second-order valence-electron chi connectivity index (χ2n) is 4.05. The van der Waals surface area contributed by atoms with Gasteiger partial charge in [0.05, 0.1) is 5.75 Å². The van der Waals surface area contributed by atoms with Crippen molar-refractivity contribution < 1.29 is 17.5 Å². The van der Waals surface area contributed by atoms with Gasteiger partial charge in [-0.3, -0.25) is 0 Å². The lowest BCUT2D eigenvalue weighted by Crippen LogP contribution is -2.34. The fraction of sp³-hybridized carbons (Fsp3) is 0.500. The van der Waals surface area contributed by atoms with Gasteiger partial charge in [0.1, 0.15) is 17.7 Å². The highest BCUT2D eigenvalue weighted by atomic mass is 32.2. The highest BCUT2D eigenvalue weighted by molar-refractivity contribution is 7.89. The molecule has 0 fully saturated rings.